The van der Waals surface area contributed by atoms with Crippen LogP contribution in [0, 0.1) is 10.8 Å². The Morgan fingerprint density at radius 2 is 1.00 bits per heavy atom. The summed E-state index contributed by atoms with van der Waals surface area (Å²) in [7, 11) is 0. The van der Waals surface area contributed by atoms with Gasteiger partial charge in [0.25, 0.3) is 0 Å². The molecule has 0 aliphatic heterocycles. The van der Waals surface area contributed by atoms with E-state index in [0.717, 1.165) is 0 Å². The molecular formula is C12H22O. The van der Waals surface area contributed by atoms with Gasteiger partial charge in [0.1, 0.15) is 0 Å². The van der Waals surface area contributed by atoms with Crippen LogP contribution in [0.2, 0.25) is 0 Å². The molecule has 0 aliphatic carbocycles. The first kappa shape index (κ1) is 12.3. The first-order chi connectivity index (χ1) is 5.71. The monoisotopic (exact) mass is 182 g/mol. The summed E-state index contributed by atoms with van der Waals surface area (Å²) < 4.78 is 5.22. The highest BCUT2D eigenvalue weighted by Gasteiger charge is 2.04. The highest BCUT2D eigenvalue weighted by Crippen LogP contribution is 2.16. The van der Waals surface area contributed by atoms with Crippen molar-refractivity contribution in [3.05, 3.63) is 24.7 Å². The molecule has 0 rings (SSSR count). The number of hydrogen-bond donors (Lipinski definition) is 0. The molecule has 0 saturated heterocycles. The zero-order valence-electron chi connectivity index (χ0n) is 9.72. The van der Waals surface area contributed by atoms with Crippen molar-refractivity contribution in [1.29, 1.82) is 0 Å². The number of ether oxygens (including phenoxy) is 1. The molecule has 0 saturated carbocycles. The Labute approximate surface area is 82.5 Å². The van der Waals surface area contributed by atoms with Gasteiger partial charge in [-0.3, -0.25) is 0 Å². The van der Waals surface area contributed by atoms with Crippen molar-refractivity contribution >= 4 is 0 Å². The third-order valence-corrected chi connectivity index (χ3v) is 1.29. The van der Waals surface area contributed by atoms with Crippen LogP contribution in [0.25, 0.3) is 0 Å². The molecule has 1 heteroatoms. The molecule has 0 bridgehead atoms. The second-order valence-electron chi connectivity index (χ2n) is 5.47. The van der Waals surface area contributed by atoms with Crippen LogP contribution in [0.1, 0.15) is 41.5 Å². The van der Waals surface area contributed by atoms with Crippen LogP contribution in [-0.4, -0.2) is 0 Å². The summed E-state index contributed by atoms with van der Waals surface area (Å²) in [5.41, 5.74) is 0.380. The molecule has 0 unspecified atom stereocenters. The molecule has 0 heterocycles. The van der Waals surface area contributed by atoms with Crippen molar-refractivity contribution < 1.29 is 4.74 Å². The maximum atomic E-state index is 5.22. The lowest BCUT2D eigenvalue weighted by molar-refractivity contribution is 0.377. The molecule has 0 N–H and O–H groups in total. The van der Waals surface area contributed by atoms with Crippen LogP contribution in [0.3, 0.4) is 0 Å². The van der Waals surface area contributed by atoms with Crippen LogP contribution >= 0.6 is 0 Å². The molecular weight excluding hydrogens is 160 g/mol. The van der Waals surface area contributed by atoms with Crippen molar-refractivity contribution in [2.75, 3.05) is 0 Å². The van der Waals surface area contributed by atoms with E-state index in [2.05, 4.69) is 41.5 Å². The Balaban J connectivity index is 3.81. The highest BCUT2D eigenvalue weighted by atomic mass is 16.5. The molecule has 0 fully saturated rings. The Morgan fingerprint density at radius 1 is 0.692 bits per heavy atom. The van der Waals surface area contributed by atoms with E-state index in [0.29, 0.717) is 0 Å². The standard InChI is InChI=1S/C12H22O/c1-11(2,3)7-9-13-10-8-12(4,5)6/h7-10H,1-6H3/b9-7+,10-8+. The van der Waals surface area contributed by atoms with Gasteiger partial charge in [-0.1, -0.05) is 41.5 Å². The van der Waals surface area contributed by atoms with Crippen molar-refractivity contribution in [3.8, 4) is 0 Å². The summed E-state index contributed by atoms with van der Waals surface area (Å²) in [6.07, 6.45) is 7.56. The van der Waals surface area contributed by atoms with E-state index in [4.69, 9.17) is 4.74 Å². The third-order valence-electron chi connectivity index (χ3n) is 1.29. The first-order valence-corrected chi connectivity index (χ1v) is 4.72. The Hall–Kier alpha value is -0.720. The molecule has 0 aromatic heterocycles. The minimum Gasteiger partial charge on any atom is -0.473 e. The Kier molecular flexibility index (Phi) is 4.25. The molecule has 0 atom stereocenters. The molecule has 0 aliphatic rings. The molecule has 76 valence electrons. The van der Waals surface area contributed by atoms with Gasteiger partial charge in [0.2, 0.25) is 0 Å². The average Bonchev–Trinajstić information content (AvgIpc) is 1.81. The molecule has 0 aromatic carbocycles. The van der Waals surface area contributed by atoms with E-state index < -0.39 is 0 Å². The predicted molar refractivity (Wildman–Crippen MR) is 58.3 cm³/mol. The van der Waals surface area contributed by atoms with Crippen LogP contribution in [0.5, 0.6) is 0 Å². The molecule has 0 aromatic rings. The number of allylic oxidation sites excluding steroid dienone is 2. The normalized spacial score (nSPS) is 14.3. The van der Waals surface area contributed by atoms with Crippen LogP contribution in [-0.2, 0) is 4.74 Å². The van der Waals surface area contributed by atoms with Crippen molar-refractivity contribution in [3.63, 3.8) is 0 Å². The smallest absolute Gasteiger partial charge is 0.0866 e. The number of hydrogen-bond acceptors (Lipinski definition) is 1. The van der Waals surface area contributed by atoms with E-state index in [1.54, 1.807) is 12.5 Å². The lowest BCUT2D eigenvalue weighted by atomic mass is 9.97. The minimum absolute atomic E-state index is 0.190. The molecule has 13 heavy (non-hydrogen) atoms. The van der Waals surface area contributed by atoms with Gasteiger partial charge in [0, 0.05) is 0 Å². The zero-order chi connectivity index (χ0) is 10.5. The summed E-state index contributed by atoms with van der Waals surface area (Å²) in [5, 5.41) is 0. The van der Waals surface area contributed by atoms with Gasteiger partial charge in [0.05, 0.1) is 12.5 Å². The zero-order valence-corrected chi connectivity index (χ0v) is 9.72. The van der Waals surface area contributed by atoms with Gasteiger partial charge in [-0.15, -0.1) is 0 Å². The Bertz CT molecular complexity index is 164. The lowest BCUT2D eigenvalue weighted by Gasteiger charge is -2.11. The fourth-order valence-electron chi connectivity index (χ4n) is 0.532. The predicted octanol–water partition coefficient (Wildman–Crippen LogP) is 4.12. The average molecular weight is 182 g/mol. The van der Waals surface area contributed by atoms with Crippen molar-refractivity contribution in [1.82, 2.24) is 0 Å². The summed E-state index contributed by atoms with van der Waals surface area (Å²) in [5.74, 6) is 0. The SMILES string of the molecule is CC(C)(C)/C=C/O/C=C/C(C)(C)C. The van der Waals surface area contributed by atoms with Crippen molar-refractivity contribution in [2.45, 2.75) is 41.5 Å². The lowest BCUT2D eigenvalue weighted by Crippen LogP contribution is -1.99. The van der Waals surface area contributed by atoms with Crippen LogP contribution in [0.15, 0.2) is 24.7 Å². The van der Waals surface area contributed by atoms with E-state index in [-0.39, 0.29) is 10.8 Å². The summed E-state index contributed by atoms with van der Waals surface area (Å²) in [4.78, 5) is 0. The minimum atomic E-state index is 0.190. The maximum absolute atomic E-state index is 5.22. The van der Waals surface area contributed by atoms with Crippen LogP contribution < -0.4 is 0 Å². The van der Waals surface area contributed by atoms with Crippen LogP contribution in [0.4, 0.5) is 0 Å². The second kappa shape index (κ2) is 4.50. The molecule has 0 amide bonds. The van der Waals surface area contributed by atoms with Crippen molar-refractivity contribution in [2.24, 2.45) is 10.8 Å². The topological polar surface area (TPSA) is 9.23 Å². The highest BCUT2D eigenvalue weighted by molar-refractivity contribution is 4.91. The summed E-state index contributed by atoms with van der Waals surface area (Å²) in [6.45, 7) is 12.8. The van der Waals surface area contributed by atoms with E-state index in [1.165, 1.54) is 0 Å². The summed E-state index contributed by atoms with van der Waals surface area (Å²) >= 11 is 0. The number of rotatable bonds is 2. The quantitative estimate of drug-likeness (QED) is 0.584. The van der Waals surface area contributed by atoms with E-state index >= 15 is 0 Å². The molecule has 0 spiro atoms. The molecule has 1 nitrogen and oxygen atoms in total. The van der Waals surface area contributed by atoms with Gasteiger partial charge in [0.15, 0.2) is 0 Å². The fourth-order valence-corrected chi connectivity index (χ4v) is 0.532. The largest absolute Gasteiger partial charge is 0.473 e. The van der Waals surface area contributed by atoms with Gasteiger partial charge < -0.3 is 4.74 Å². The summed E-state index contributed by atoms with van der Waals surface area (Å²) in [6, 6.07) is 0. The van der Waals surface area contributed by atoms with E-state index in [9.17, 15) is 0 Å². The van der Waals surface area contributed by atoms with Gasteiger partial charge >= 0.3 is 0 Å². The molecule has 0 radical (unpaired) electrons. The van der Waals surface area contributed by atoms with Gasteiger partial charge in [-0.2, -0.15) is 0 Å². The van der Waals surface area contributed by atoms with Gasteiger partial charge in [-0.25, -0.2) is 0 Å². The van der Waals surface area contributed by atoms with Gasteiger partial charge in [-0.05, 0) is 23.0 Å². The second-order valence-corrected chi connectivity index (χ2v) is 5.47. The third kappa shape index (κ3) is 11.3. The Morgan fingerprint density at radius 3 is 1.23 bits per heavy atom. The fraction of sp³-hybridized carbons (Fsp3) is 0.667. The first-order valence-electron chi connectivity index (χ1n) is 4.72. The van der Waals surface area contributed by atoms with E-state index in [1.807, 2.05) is 12.2 Å². The maximum Gasteiger partial charge on any atom is 0.0866 e.